The Morgan fingerprint density at radius 2 is 1.55 bits per heavy atom. The van der Waals surface area contributed by atoms with Gasteiger partial charge in [0.15, 0.2) is 0 Å². The van der Waals surface area contributed by atoms with Crippen LogP contribution in [0.3, 0.4) is 0 Å². The number of amides is 2. The molecule has 0 aromatic heterocycles. The second-order valence-electron chi connectivity index (χ2n) is 5.49. The van der Waals surface area contributed by atoms with Crippen LogP contribution in [0, 0.1) is 0 Å². The number of methoxy groups -OCH3 is 1. The lowest BCUT2D eigenvalue weighted by Crippen LogP contribution is -2.49. The van der Waals surface area contributed by atoms with Crippen molar-refractivity contribution in [2.24, 2.45) is 0 Å². The van der Waals surface area contributed by atoms with Crippen LogP contribution in [-0.2, 0) is 9.53 Å². The van der Waals surface area contributed by atoms with E-state index in [1.807, 2.05) is 4.90 Å². The molecule has 2 aliphatic heterocycles. The van der Waals surface area contributed by atoms with Gasteiger partial charge in [0.1, 0.15) is 0 Å². The van der Waals surface area contributed by atoms with Crippen LogP contribution in [0.1, 0.15) is 25.7 Å². The number of carbonyl (C=O) groups excluding carboxylic acids is 2. The Balaban J connectivity index is 1.65. The highest BCUT2D eigenvalue weighted by atomic mass is 16.5. The van der Waals surface area contributed by atoms with E-state index in [0.717, 1.165) is 45.6 Å². The van der Waals surface area contributed by atoms with Crippen molar-refractivity contribution in [3.8, 4) is 0 Å². The Bertz CT molecular complexity index is 335. The average molecular weight is 283 g/mol. The lowest BCUT2D eigenvalue weighted by atomic mass is 10.1. The Labute approximate surface area is 120 Å². The second-order valence-corrected chi connectivity index (χ2v) is 5.49. The predicted octanol–water partition coefficient (Wildman–Crippen LogP) is 0.773. The smallest absolute Gasteiger partial charge is 0.409 e. The van der Waals surface area contributed by atoms with Crippen molar-refractivity contribution in [2.45, 2.75) is 25.7 Å². The summed E-state index contributed by atoms with van der Waals surface area (Å²) in [6, 6.07) is 0. The van der Waals surface area contributed by atoms with E-state index in [9.17, 15) is 9.59 Å². The number of likely N-dealkylation sites (tertiary alicyclic amines) is 1. The highest BCUT2D eigenvalue weighted by molar-refractivity contribution is 5.76. The lowest BCUT2D eigenvalue weighted by molar-refractivity contribution is -0.132. The number of hydrogen-bond acceptors (Lipinski definition) is 4. The molecule has 20 heavy (non-hydrogen) atoms. The first-order valence-corrected chi connectivity index (χ1v) is 7.53. The molecule has 2 amide bonds. The Kier molecular flexibility index (Phi) is 5.64. The van der Waals surface area contributed by atoms with Gasteiger partial charge in [-0.1, -0.05) is 0 Å². The molecule has 0 unspecified atom stereocenters. The molecule has 2 heterocycles. The second kappa shape index (κ2) is 7.47. The van der Waals surface area contributed by atoms with Gasteiger partial charge in [-0.05, 0) is 19.3 Å². The summed E-state index contributed by atoms with van der Waals surface area (Å²) in [7, 11) is 1.41. The van der Waals surface area contributed by atoms with E-state index in [-0.39, 0.29) is 12.0 Å². The monoisotopic (exact) mass is 283 g/mol. The fourth-order valence-electron chi connectivity index (χ4n) is 2.84. The summed E-state index contributed by atoms with van der Waals surface area (Å²) in [5, 5.41) is 0. The molecule has 0 N–H and O–H groups in total. The van der Waals surface area contributed by atoms with Crippen molar-refractivity contribution in [3.05, 3.63) is 0 Å². The normalized spacial score (nSPS) is 20.9. The van der Waals surface area contributed by atoms with Crippen LogP contribution < -0.4 is 0 Å². The minimum Gasteiger partial charge on any atom is -0.453 e. The third-order valence-corrected chi connectivity index (χ3v) is 4.16. The maximum atomic E-state index is 12.1. The maximum Gasteiger partial charge on any atom is 0.409 e. The first-order valence-electron chi connectivity index (χ1n) is 7.53. The van der Waals surface area contributed by atoms with Crippen LogP contribution in [0.4, 0.5) is 4.79 Å². The molecule has 0 aliphatic carbocycles. The quantitative estimate of drug-likeness (QED) is 0.768. The van der Waals surface area contributed by atoms with Crippen molar-refractivity contribution in [2.75, 3.05) is 52.9 Å². The van der Waals surface area contributed by atoms with E-state index in [1.165, 1.54) is 13.5 Å². The van der Waals surface area contributed by atoms with Crippen LogP contribution >= 0.6 is 0 Å². The van der Waals surface area contributed by atoms with Gasteiger partial charge < -0.3 is 14.5 Å². The highest BCUT2D eigenvalue weighted by Gasteiger charge is 2.22. The van der Waals surface area contributed by atoms with Gasteiger partial charge in [-0.2, -0.15) is 0 Å². The summed E-state index contributed by atoms with van der Waals surface area (Å²) < 4.78 is 4.71. The van der Waals surface area contributed by atoms with Gasteiger partial charge in [0.2, 0.25) is 5.91 Å². The van der Waals surface area contributed by atoms with Crippen molar-refractivity contribution < 1.29 is 14.3 Å². The molecule has 2 rings (SSSR count). The molecule has 114 valence electrons. The molecule has 2 fully saturated rings. The summed E-state index contributed by atoms with van der Waals surface area (Å²) >= 11 is 0. The van der Waals surface area contributed by atoms with Gasteiger partial charge in [-0.15, -0.1) is 0 Å². The van der Waals surface area contributed by atoms with E-state index >= 15 is 0 Å². The van der Waals surface area contributed by atoms with Gasteiger partial charge in [-0.25, -0.2) is 4.79 Å². The number of hydrogen-bond donors (Lipinski definition) is 0. The van der Waals surface area contributed by atoms with Gasteiger partial charge in [0, 0.05) is 52.2 Å². The number of piperazine rings is 1. The minimum atomic E-state index is -0.256. The number of rotatable bonds is 3. The number of piperidine rings is 1. The molecule has 0 aromatic rings. The molecule has 0 aromatic carbocycles. The van der Waals surface area contributed by atoms with Gasteiger partial charge in [-0.3, -0.25) is 9.69 Å². The van der Waals surface area contributed by atoms with E-state index in [1.54, 1.807) is 4.90 Å². The first kappa shape index (κ1) is 15.1. The van der Waals surface area contributed by atoms with E-state index in [0.29, 0.717) is 19.5 Å². The maximum absolute atomic E-state index is 12.1. The molecule has 0 atom stereocenters. The molecule has 0 bridgehead atoms. The Morgan fingerprint density at radius 1 is 0.900 bits per heavy atom. The van der Waals surface area contributed by atoms with Crippen molar-refractivity contribution in [1.82, 2.24) is 14.7 Å². The molecule has 0 spiro atoms. The highest BCUT2D eigenvalue weighted by Crippen LogP contribution is 2.11. The van der Waals surface area contributed by atoms with Gasteiger partial charge >= 0.3 is 6.09 Å². The fourth-order valence-corrected chi connectivity index (χ4v) is 2.84. The van der Waals surface area contributed by atoms with Crippen LogP contribution in [-0.4, -0.2) is 79.6 Å². The molecule has 6 heteroatoms. The van der Waals surface area contributed by atoms with Crippen LogP contribution in [0.2, 0.25) is 0 Å². The Hall–Kier alpha value is -1.30. The van der Waals surface area contributed by atoms with Gasteiger partial charge in [0.25, 0.3) is 0 Å². The van der Waals surface area contributed by atoms with Crippen LogP contribution in [0.15, 0.2) is 0 Å². The minimum absolute atomic E-state index is 0.256. The summed E-state index contributed by atoms with van der Waals surface area (Å²) in [5.41, 5.74) is 0. The van der Waals surface area contributed by atoms with E-state index < -0.39 is 0 Å². The van der Waals surface area contributed by atoms with Gasteiger partial charge in [0.05, 0.1) is 7.11 Å². The molecular formula is C14H25N3O3. The number of ether oxygens (including phenoxy) is 1. The number of carbonyl (C=O) groups is 2. The largest absolute Gasteiger partial charge is 0.453 e. The first-order chi connectivity index (χ1) is 9.70. The average Bonchev–Trinajstić information content (AvgIpc) is 2.53. The molecule has 0 saturated carbocycles. The lowest BCUT2D eigenvalue weighted by Gasteiger charge is -2.34. The van der Waals surface area contributed by atoms with E-state index in [4.69, 9.17) is 4.74 Å². The summed E-state index contributed by atoms with van der Waals surface area (Å²) in [6.45, 7) is 5.66. The summed E-state index contributed by atoms with van der Waals surface area (Å²) in [5.74, 6) is 0.278. The molecule has 6 nitrogen and oxygen atoms in total. The third kappa shape index (κ3) is 4.10. The van der Waals surface area contributed by atoms with Crippen LogP contribution in [0.5, 0.6) is 0 Å². The van der Waals surface area contributed by atoms with Crippen molar-refractivity contribution in [3.63, 3.8) is 0 Å². The predicted molar refractivity (Wildman–Crippen MR) is 75.5 cm³/mol. The Morgan fingerprint density at radius 3 is 2.15 bits per heavy atom. The summed E-state index contributed by atoms with van der Waals surface area (Å²) in [6.07, 6.45) is 3.87. The molecular weight excluding hydrogens is 258 g/mol. The zero-order valence-corrected chi connectivity index (χ0v) is 12.3. The molecule has 2 aliphatic rings. The zero-order valence-electron chi connectivity index (χ0n) is 12.3. The van der Waals surface area contributed by atoms with Crippen molar-refractivity contribution in [1.29, 1.82) is 0 Å². The standard InChI is InChI=1S/C14H25N3O3/c1-20-14(19)17-11-9-15(10-12-17)8-5-13(18)16-6-3-2-4-7-16/h2-12H2,1H3. The van der Waals surface area contributed by atoms with E-state index in [2.05, 4.69) is 4.90 Å². The van der Waals surface area contributed by atoms with Crippen molar-refractivity contribution >= 4 is 12.0 Å². The third-order valence-electron chi connectivity index (χ3n) is 4.16. The fraction of sp³-hybridized carbons (Fsp3) is 0.857. The molecule has 0 radical (unpaired) electrons. The SMILES string of the molecule is COC(=O)N1CCN(CCC(=O)N2CCCCC2)CC1. The zero-order chi connectivity index (χ0) is 14.4. The van der Waals surface area contributed by atoms with Crippen LogP contribution in [0.25, 0.3) is 0 Å². The topological polar surface area (TPSA) is 53.1 Å². The number of nitrogens with zero attached hydrogens (tertiary/aromatic N) is 3. The molecule has 2 saturated heterocycles. The summed E-state index contributed by atoms with van der Waals surface area (Å²) in [4.78, 5) is 29.4.